The van der Waals surface area contributed by atoms with E-state index in [9.17, 15) is 9.59 Å². The maximum Gasteiger partial charge on any atom is 0.289 e. The summed E-state index contributed by atoms with van der Waals surface area (Å²) in [4.78, 5) is 42.3. The average Bonchev–Trinajstić information content (AvgIpc) is 3.41. The molecule has 37 heavy (non-hydrogen) atoms. The van der Waals surface area contributed by atoms with Crippen LogP contribution in [0.1, 0.15) is 23.2 Å². The molecule has 3 aromatic rings. The molecule has 2 saturated heterocycles. The van der Waals surface area contributed by atoms with E-state index in [1.54, 1.807) is 22.8 Å². The molecule has 4 heterocycles. The summed E-state index contributed by atoms with van der Waals surface area (Å²) in [6.07, 6.45) is 0. The van der Waals surface area contributed by atoms with E-state index >= 15 is 0 Å². The molecule has 2 aliphatic rings. The molecule has 0 saturated carbocycles. The number of hydrogen-bond acceptors (Lipinski definition) is 8. The highest BCUT2D eigenvalue weighted by molar-refractivity contribution is 7.98. The summed E-state index contributed by atoms with van der Waals surface area (Å²) >= 11 is 1.50. The van der Waals surface area contributed by atoms with Crippen molar-refractivity contribution in [1.82, 2.24) is 24.7 Å². The van der Waals surface area contributed by atoms with Crippen LogP contribution in [0.15, 0.2) is 58.1 Å². The molecule has 5 rings (SSSR count). The van der Waals surface area contributed by atoms with E-state index in [-0.39, 0.29) is 11.8 Å². The third-order valence-electron chi connectivity index (χ3n) is 6.82. The smallest absolute Gasteiger partial charge is 0.289 e. The normalized spacial score (nSPS) is 16.8. The molecule has 2 aliphatic heterocycles. The lowest BCUT2D eigenvalue weighted by Gasteiger charge is -2.33. The van der Waals surface area contributed by atoms with E-state index in [0.717, 1.165) is 43.3 Å². The molecule has 2 fully saturated rings. The third kappa shape index (κ3) is 6.14. The Balaban J connectivity index is 1.28. The van der Waals surface area contributed by atoms with Crippen LogP contribution in [0, 0.1) is 0 Å². The molecule has 0 spiro atoms. The first-order valence-corrected chi connectivity index (χ1v) is 13.6. The van der Waals surface area contributed by atoms with Crippen LogP contribution in [0.4, 0.5) is 5.82 Å². The van der Waals surface area contributed by atoms with E-state index in [4.69, 9.17) is 14.4 Å². The van der Waals surface area contributed by atoms with E-state index in [1.165, 1.54) is 11.8 Å². The molecule has 0 N–H and O–H groups in total. The van der Waals surface area contributed by atoms with Crippen molar-refractivity contribution in [2.45, 2.75) is 17.8 Å². The second kappa shape index (κ2) is 11.4. The van der Waals surface area contributed by atoms with E-state index in [0.29, 0.717) is 48.6 Å². The van der Waals surface area contributed by atoms with Crippen LogP contribution in [0.2, 0.25) is 0 Å². The number of benzene rings is 1. The van der Waals surface area contributed by atoms with Gasteiger partial charge < -0.3 is 24.0 Å². The van der Waals surface area contributed by atoms with Crippen molar-refractivity contribution in [2.75, 3.05) is 64.3 Å². The SMILES string of the molecule is CC(=O)N1CCN(C(=O)c2ccc(CSc3nc(-c4ccccc4)cc(N4CCN(C)CC4)n3)o2)CC1. The number of aromatic nitrogens is 2. The minimum absolute atomic E-state index is 0.0405. The molecule has 1 aromatic carbocycles. The van der Waals surface area contributed by atoms with Gasteiger partial charge in [0.05, 0.1) is 11.4 Å². The van der Waals surface area contributed by atoms with E-state index in [2.05, 4.69) is 35.0 Å². The molecule has 9 nitrogen and oxygen atoms in total. The third-order valence-corrected chi connectivity index (χ3v) is 7.69. The van der Waals surface area contributed by atoms with Gasteiger partial charge in [-0.05, 0) is 19.2 Å². The monoisotopic (exact) mass is 520 g/mol. The fraction of sp³-hybridized carbons (Fsp3) is 0.407. The van der Waals surface area contributed by atoms with Crippen LogP contribution < -0.4 is 4.90 Å². The fourth-order valence-corrected chi connectivity index (χ4v) is 5.27. The molecule has 0 radical (unpaired) electrons. The van der Waals surface area contributed by atoms with Crippen LogP contribution in [-0.4, -0.2) is 95.9 Å². The number of thioether (sulfide) groups is 1. The summed E-state index contributed by atoms with van der Waals surface area (Å²) in [5.74, 6) is 2.38. The van der Waals surface area contributed by atoms with Crippen LogP contribution in [-0.2, 0) is 10.5 Å². The number of furan rings is 1. The zero-order valence-electron chi connectivity index (χ0n) is 21.3. The van der Waals surface area contributed by atoms with Gasteiger partial charge >= 0.3 is 0 Å². The van der Waals surface area contributed by atoms with Crippen molar-refractivity contribution in [3.8, 4) is 11.3 Å². The van der Waals surface area contributed by atoms with Crippen LogP contribution in [0.25, 0.3) is 11.3 Å². The lowest BCUT2D eigenvalue weighted by molar-refractivity contribution is -0.130. The number of hydrogen-bond donors (Lipinski definition) is 0. The van der Waals surface area contributed by atoms with Gasteiger partial charge in [0.2, 0.25) is 5.91 Å². The Bertz CT molecular complexity index is 1230. The highest BCUT2D eigenvalue weighted by Crippen LogP contribution is 2.28. The van der Waals surface area contributed by atoms with Gasteiger partial charge in [0.15, 0.2) is 10.9 Å². The lowest BCUT2D eigenvalue weighted by Crippen LogP contribution is -2.50. The van der Waals surface area contributed by atoms with Gasteiger partial charge in [0, 0.05) is 70.9 Å². The molecule has 2 amide bonds. The fourth-order valence-electron chi connectivity index (χ4n) is 4.52. The second-order valence-corrected chi connectivity index (χ2v) is 10.3. The van der Waals surface area contributed by atoms with Crippen molar-refractivity contribution in [3.05, 3.63) is 60.1 Å². The quantitative estimate of drug-likeness (QED) is 0.362. The minimum Gasteiger partial charge on any atom is -0.455 e. The van der Waals surface area contributed by atoms with Crippen molar-refractivity contribution in [2.24, 2.45) is 0 Å². The standard InChI is InChI=1S/C27H32N6O3S/c1-20(34)31-14-16-33(17-15-31)26(35)24-9-8-22(36-24)19-37-27-28-23(21-6-4-3-5-7-21)18-25(29-27)32-12-10-30(2)11-13-32/h3-9,18H,10-17,19H2,1-2H3. The number of likely N-dealkylation sites (N-methyl/N-ethyl adjacent to an activating group) is 1. The minimum atomic E-state index is -0.140. The Morgan fingerprint density at radius 1 is 0.892 bits per heavy atom. The molecule has 0 atom stereocenters. The Labute approximate surface area is 221 Å². The van der Waals surface area contributed by atoms with Crippen molar-refractivity contribution >= 4 is 29.4 Å². The van der Waals surface area contributed by atoms with Gasteiger partial charge in [-0.2, -0.15) is 0 Å². The van der Waals surface area contributed by atoms with E-state index in [1.807, 2.05) is 24.3 Å². The molecule has 10 heteroatoms. The Morgan fingerprint density at radius 2 is 1.59 bits per heavy atom. The number of rotatable bonds is 6. The summed E-state index contributed by atoms with van der Waals surface area (Å²) < 4.78 is 5.90. The zero-order valence-corrected chi connectivity index (χ0v) is 22.1. The Morgan fingerprint density at radius 3 is 2.30 bits per heavy atom. The molecule has 0 unspecified atom stereocenters. The second-order valence-electron chi connectivity index (χ2n) is 9.40. The highest BCUT2D eigenvalue weighted by Gasteiger charge is 2.25. The van der Waals surface area contributed by atoms with Crippen LogP contribution in [0.3, 0.4) is 0 Å². The number of anilines is 1. The maximum absolute atomic E-state index is 12.9. The van der Waals surface area contributed by atoms with Gasteiger partial charge in [-0.25, -0.2) is 9.97 Å². The predicted octanol–water partition coefficient (Wildman–Crippen LogP) is 3.09. The van der Waals surface area contributed by atoms with Crippen molar-refractivity contribution < 1.29 is 14.0 Å². The number of carbonyl (C=O) groups is 2. The predicted molar refractivity (Wildman–Crippen MR) is 144 cm³/mol. The number of nitrogens with zero attached hydrogens (tertiary/aromatic N) is 6. The Hall–Kier alpha value is -3.37. The van der Waals surface area contributed by atoms with Crippen molar-refractivity contribution in [1.29, 1.82) is 0 Å². The van der Waals surface area contributed by atoms with Gasteiger partial charge in [-0.1, -0.05) is 42.1 Å². The van der Waals surface area contributed by atoms with Crippen LogP contribution in [0.5, 0.6) is 0 Å². The summed E-state index contributed by atoms with van der Waals surface area (Å²) in [7, 11) is 2.14. The van der Waals surface area contributed by atoms with Gasteiger partial charge in [0.1, 0.15) is 11.6 Å². The summed E-state index contributed by atoms with van der Waals surface area (Å²) in [6, 6.07) is 15.8. The molecule has 0 bridgehead atoms. The summed E-state index contributed by atoms with van der Waals surface area (Å²) in [5, 5.41) is 0.680. The largest absolute Gasteiger partial charge is 0.455 e. The zero-order chi connectivity index (χ0) is 25.8. The number of carbonyl (C=O) groups excluding carboxylic acids is 2. The first-order chi connectivity index (χ1) is 18.0. The average molecular weight is 521 g/mol. The van der Waals surface area contributed by atoms with Gasteiger partial charge in [-0.15, -0.1) is 0 Å². The lowest BCUT2D eigenvalue weighted by atomic mass is 10.1. The first kappa shape index (κ1) is 25.3. The Kier molecular flexibility index (Phi) is 7.76. The summed E-state index contributed by atoms with van der Waals surface area (Å²) in [6.45, 7) is 7.54. The highest BCUT2D eigenvalue weighted by atomic mass is 32.2. The maximum atomic E-state index is 12.9. The first-order valence-electron chi connectivity index (χ1n) is 12.6. The van der Waals surface area contributed by atoms with Crippen molar-refractivity contribution in [3.63, 3.8) is 0 Å². The van der Waals surface area contributed by atoms with Gasteiger partial charge in [0.25, 0.3) is 5.91 Å². The summed E-state index contributed by atoms with van der Waals surface area (Å²) in [5.41, 5.74) is 1.95. The van der Waals surface area contributed by atoms with Crippen LogP contribution >= 0.6 is 11.8 Å². The molecular weight excluding hydrogens is 488 g/mol. The number of amides is 2. The molecule has 194 valence electrons. The topological polar surface area (TPSA) is 86.0 Å². The molecular formula is C27H32N6O3S. The van der Waals surface area contributed by atoms with E-state index < -0.39 is 0 Å². The molecule has 0 aliphatic carbocycles. The van der Waals surface area contributed by atoms with Gasteiger partial charge in [-0.3, -0.25) is 9.59 Å². The molecule has 2 aromatic heterocycles. The number of piperazine rings is 2.